The number of aliphatic hydroxyl groups excluding tert-OH is 4. The predicted octanol–water partition coefficient (Wildman–Crippen LogP) is 10.2. The lowest BCUT2D eigenvalue weighted by atomic mass is 10.1. The third-order valence-corrected chi connectivity index (χ3v) is 28.0. The van der Waals surface area contributed by atoms with Crippen LogP contribution in [-0.4, -0.2) is 90.1 Å². The molecule has 0 fully saturated rings. The van der Waals surface area contributed by atoms with Crippen LogP contribution in [-0.2, 0) is 22.6 Å². The van der Waals surface area contributed by atoms with Gasteiger partial charge < -0.3 is 33.4 Å². The fraction of sp³-hybridized carbons (Fsp3) is 0.950. The Labute approximate surface area is 330 Å². The topological polar surface area (TPSA) is 143 Å². The van der Waals surface area contributed by atoms with E-state index in [1.165, 1.54) is 89.9 Å². The van der Waals surface area contributed by atoms with Gasteiger partial charge in [0.25, 0.3) is 0 Å². The second-order valence-electron chi connectivity index (χ2n) is 18.0. The van der Waals surface area contributed by atoms with E-state index in [-0.39, 0.29) is 0 Å². The third kappa shape index (κ3) is 21.2. The molecule has 0 saturated heterocycles. The largest absolute Gasteiger partial charge is 0.455 e. The Hall–Kier alpha value is -0.232. The molecular weight excluding hydrogens is 737 g/mol. The quantitative estimate of drug-likeness (QED) is 0.0226. The van der Waals surface area contributed by atoms with Crippen LogP contribution < -0.4 is 0 Å². The molecule has 0 bridgehead atoms. The Balaban J connectivity index is 5.24. The van der Waals surface area contributed by atoms with Gasteiger partial charge in [-0.25, -0.2) is 9.59 Å². The van der Waals surface area contributed by atoms with Crippen molar-refractivity contribution >= 4 is 45.2 Å². The molecule has 0 amide bonds. The van der Waals surface area contributed by atoms with Gasteiger partial charge in [0.05, 0.1) is 12.2 Å². The molecule has 0 spiro atoms. The monoisotopic (exact) mass is 823 g/mol. The van der Waals surface area contributed by atoms with Gasteiger partial charge in [-0.05, 0) is 64.5 Å². The summed E-state index contributed by atoms with van der Waals surface area (Å²) in [6.07, 6.45) is 13.8. The highest BCUT2D eigenvalue weighted by molar-refractivity contribution is 6.86. The summed E-state index contributed by atoms with van der Waals surface area (Å²) >= 11 is 0. The van der Waals surface area contributed by atoms with Gasteiger partial charge in [0.2, 0.25) is 0 Å². The van der Waals surface area contributed by atoms with Gasteiger partial charge in [-0.1, -0.05) is 143 Å². The molecule has 0 aliphatic rings. The summed E-state index contributed by atoms with van der Waals surface area (Å²) in [4.78, 5) is 26.0. The number of carbonyl (C=O) groups excluding carboxylic acids is 2. The molecular formula is C40H86O9Si4. The van der Waals surface area contributed by atoms with Gasteiger partial charge in [-0.3, -0.25) is 0 Å². The maximum absolute atomic E-state index is 13.0. The molecule has 0 radical (unpaired) electrons. The minimum atomic E-state index is -2.63. The predicted molar refractivity (Wildman–Crippen MR) is 230 cm³/mol. The van der Waals surface area contributed by atoms with Crippen molar-refractivity contribution in [3.8, 4) is 0 Å². The minimum Gasteiger partial charge on any atom is -0.455 e. The van der Waals surface area contributed by atoms with Crippen molar-refractivity contribution in [2.45, 2.75) is 243 Å². The molecule has 4 N–H and O–H groups in total. The normalized spacial score (nSPS) is 16.5. The molecule has 6 atom stereocenters. The summed E-state index contributed by atoms with van der Waals surface area (Å²) in [5, 5.41) is 44.3. The van der Waals surface area contributed by atoms with Gasteiger partial charge in [-0.15, -0.1) is 0 Å². The molecule has 0 aromatic rings. The Morgan fingerprint density at radius 3 is 0.981 bits per heavy atom. The van der Waals surface area contributed by atoms with Crippen LogP contribution in [0.25, 0.3) is 0 Å². The highest BCUT2D eigenvalue weighted by Gasteiger charge is 2.48. The van der Waals surface area contributed by atoms with Gasteiger partial charge in [-0.2, -0.15) is 0 Å². The molecule has 0 saturated carbocycles. The first-order chi connectivity index (χ1) is 24.6. The zero-order valence-corrected chi connectivity index (χ0v) is 40.4. The summed E-state index contributed by atoms with van der Waals surface area (Å²) in [5.74, 6) is -2.68. The van der Waals surface area contributed by atoms with Crippen LogP contribution in [0.15, 0.2) is 0 Å². The number of unbranched alkanes of at least 4 members (excludes halogenated alkanes) is 14. The molecule has 0 rings (SSSR count). The Bertz CT molecular complexity index is 919. The molecule has 0 aliphatic heterocycles. The lowest BCUT2D eigenvalue weighted by molar-refractivity contribution is -0.178. The van der Waals surface area contributed by atoms with E-state index in [2.05, 4.69) is 40.0 Å². The molecule has 13 heteroatoms. The third-order valence-electron chi connectivity index (χ3n) is 11.2. The van der Waals surface area contributed by atoms with Gasteiger partial charge in [0.1, 0.15) is 0 Å². The van der Waals surface area contributed by atoms with E-state index < -0.39 is 80.7 Å². The van der Waals surface area contributed by atoms with Crippen molar-refractivity contribution in [2.75, 3.05) is 0 Å². The number of rotatable bonds is 32. The van der Waals surface area contributed by atoms with Crippen LogP contribution in [0.5, 0.6) is 0 Å². The smallest absolute Gasteiger partial charge is 0.345 e. The van der Waals surface area contributed by atoms with Crippen LogP contribution in [0.2, 0.25) is 75.5 Å². The van der Waals surface area contributed by atoms with Crippen molar-refractivity contribution in [3.63, 3.8) is 0 Å². The summed E-state index contributed by atoms with van der Waals surface area (Å²) in [6.45, 7) is 25.0. The lowest BCUT2D eigenvalue weighted by Gasteiger charge is -2.41. The zero-order valence-electron chi connectivity index (χ0n) is 36.4. The molecule has 9 nitrogen and oxygen atoms in total. The first kappa shape index (κ1) is 52.8. The molecule has 53 heavy (non-hydrogen) atoms. The van der Waals surface area contributed by atoms with E-state index in [4.69, 9.17) is 13.0 Å². The lowest BCUT2D eigenvalue weighted by Crippen LogP contribution is -2.54. The van der Waals surface area contributed by atoms with Crippen molar-refractivity contribution < 1.29 is 43.0 Å². The van der Waals surface area contributed by atoms with Crippen LogP contribution in [0.4, 0.5) is 0 Å². The standard InChI is InChI=1S/C40H86O9Si4/c1-13-17-19-21-23-25-27-29-31-50(5,6)48-52(9,10)33(15-3)35(41)37(43)39(45)47-40(46)38(44)36(42)34(16-4)53(11,12)49-51(7,8)32-30-28-26-24-22-20-18-14-2/h33-38,41-44H,13-32H2,1-12H3. The fourth-order valence-corrected chi connectivity index (χ4v) is 27.9. The number of hydrogen-bond donors (Lipinski definition) is 4. The van der Waals surface area contributed by atoms with Crippen molar-refractivity contribution in [3.05, 3.63) is 0 Å². The number of hydrogen-bond acceptors (Lipinski definition) is 9. The van der Waals surface area contributed by atoms with E-state index in [0.717, 1.165) is 24.9 Å². The summed E-state index contributed by atoms with van der Waals surface area (Å²) in [6, 6.07) is 2.01. The van der Waals surface area contributed by atoms with Crippen LogP contribution >= 0.6 is 0 Å². The Morgan fingerprint density at radius 2 is 0.717 bits per heavy atom. The number of carbonyl (C=O) groups is 2. The van der Waals surface area contributed by atoms with Gasteiger partial charge in [0.15, 0.2) is 45.5 Å². The van der Waals surface area contributed by atoms with Crippen LogP contribution in [0.1, 0.15) is 143 Å². The molecule has 0 heterocycles. The molecule has 316 valence electrons. The number of aliphatic hydroxyl groups is 4. The summed E-state index contributed by atoms with van der Waals surface area (Å²) in [7, 11) is -9.43. The number of ether oxygens (including phenoxy) is 1. The van der Waals surface area contributed by atoms with E-state index in [9.17, 15) is 30.0 Å². The van der Waals surface area contributed by atoms with Crippen LogP contribution in [0.3, 0.4) is 0 Å². The maximum atomic E-state index is 13.0. The number of esters is 2. The molecule has 0 aromatic carbocycles. The van der Waals surface area contributed by atoms with E-state index >= 15 is 0 Å². The summed E-state index contributed by atoms with van der Waals surface area (Å²) in [5.41, 5.74) is -0.986. The van der Waals surface area contributed by atoms with Crippen molar-refractivity contribution in [1.82, 2.24) is 0 Å². The molecule has 6 unspecified atom stereocenters. The molecule has 0 aliphatic carbocycles. The zero-order chi connectivity index (χ0) is 40.9. The average Bonchev–Trinajstić information content (AvgIpc) is 3.05. The molecule has 0 aromatic heterocycles. The Morgan fingerprint density at radius 1 is 0.453 bits per heavy atom. The van der Waals surface area contributed by atoms with Gasteiger partial charge in [0, 0.05) is 11.1 Å². The second kappa shape index (κ2) is 26.6. The minimum absolute atomic E-state index is 0.471. The SMILES string of the molecule is CCCCCCCCCC[Si](C)(C)O[Si](C)(C)C(CC)C(O)C(O)C(=O)OC(=O)C(O)C(O)C(CC)[Si](C)(C)O[Si](C)(C)CCCCCCCCCC. The maximum Gasteiger partial charge on any atom is 0.345 e. The van der Waals surface area contributed by atoms with E-state index in [0.29, 0.717) is 12.8 Å². The van der Waals surface area contributed by atoms with E-state index in [1.807, 2.05) is 40.0 Å². The average molecular weight is 823 g/mol. The second-order valence-corrected chi connectivity index (χ2v) is 35.6. The first-order valence-electron chi connectivity index (χ1n) is 21.5. The van der Waals surface area contributed by atoms with Crippen molar-refractivity contribution in [1.29, 1.82) is 0 Å². The van der Waals surface area contributed by atoms with Crippen molar-refractivity contribution in [2.24, 2.45) is 0 Å². The van der Waals surface area contributed by atoms with E-state index in [1.54, 1.807) is 0 Å². The highest BCUT2D eigenvalue weighted by atomic mass is 28.4. The highest BCUT2D eigenvalue weighted by Crippen LogP contribution is 2.37. The Kier molecular flexibility index (Phi) is 26.5. The first-order valence-corrected chi connectivity index (χ1v) is 33.7. The fourth-order valence-electron chi connectivity index (χ4n) is 8.27. The summed E-state index contributed by atoms with van der Waals surface area (Å²) < 4.78 is 18.5. The van der Waals surface area contributed by atoms with Crippen LogP contribution in [0, 0.1) is 0 Å². The van der Waals surface area contributed by atoms with Gasteiger partial charge >= 0.3 is 11.9 Å².